The summed E-state index contributed by atoms with van der Waals surface area (Å²) in [6, 6.07) is 29.5. The Bertz CT molecular complexity index is 1330. The van der Waals surface area contributed by atoms with E-state index in [2.05, 4.69) is 75.5 Å². The second kappa shape index (κ2) is 10.2. The first-order valence-corrected chi connectivity index (χ1v) is 12.7. The second-order valence-electron chi connectivity index (χ2n) is 9.64. The number of hydrogen-bond donors (Lipinski definition) is 1. The van der Waals surface area contributed by atoms with Gasteiger partial charge in [0.25, 0.3) is 0 Å². The molecular weight excluding hydrogens is 446 g/mol. The molecule has 0 radical (unpaired) electrons. The smallest absolute Gasteiger partial charge is 0.213 e. The third-order valence-electron chi connectivity index (χ3n) is 7.26. The molecule has 0 bridgehead atoms. The summed E-state index contributed by atoms with van der Waals surface area (Å²) < 4.78 is 5.82. The summed E-state index contributed by atoms with van der Waals surface area (Å²) in [5.41, 5.74) is 6.21. The monoisotopic (exact) mass is 477 g/mol. The van der Waals surface area contributed by atoms with Crippen LogP contribution < -0.4 is 4.74 Å². The fourth-order valence-corrected chi connectivity index (χ4v) is 5.43. The van der Waals surface area contributed by atoms with Crippen LogP contribution in [0.1, 0.15) is 28.3 Å². The molecular formula is C31H31N3O2. The van der Waals surface area contributed by atoms with Gasteiger partial charge in [-0.25, -0.2) is 4.98 Å². The summed E-state index contributed by atoms with van der Waals surface area (Å²) in [6.07, 6.45) is 3.92. The number of para-hydroxylation sites is 1. The van der Waals surface area contributed by atoms with E-state index in [9.17, 15) is 5.11 Å². The van der Waals surface area contributed by atoms with E-state index in [0.717, 1.165) is 37.1 Å². The number of ether oxygens (including phenoxy) is 1. The molecule has 0 spiro atoms. The molecule has 1 unspecified atom stereocenters. The molecule has 1 aliphatic carbocycles. The highest BCUT2D eigenvalue weighted by Gasteiger charge is 2.30. The van der Waals surface area contributed by atoms with E-state index in [1.165, 1.54) is 22.3 Å². The number of nitrogens with zero attached hydrogens (tertiary/aromatic N) is 3. The van der Waals surface area contributed by atoms with Crippen molar-refractivity contribution < 1.29 is 9.84 Å². The molecule has 6 rings (SSSR count). The molecule has 4 aromatic rings. The number of hydrogen-bond acceptors (Lipinski definition) is 5. The standard InChI is InChI=1S/C31H31N3O2/c35-26(22-36-30-16-15-25-9-3-6-12-29(25)32-30)21-33-17-19-34(20-18-33)31-27-10-4-1-7-23(27)13-14-24-8-2-5-11-28(24)31/h1-16,26,31,35H,17-22H2. The van der Waals surface area contributed by atoms with E-state index in [1.54, 1.807) is 0 Å². The maximum atomic E-state index is 10.7. The van der Waals surface area contributed by atoms with Crippen molar-refractivity contribution in [2.45, 2.75) is 12.1 Å². The molecule has 1 aromatic heterocycles. The van der Waals surface area contributed by atoms with Crippen molar-refractivity contribution in [2.75, 3.05) is 39.3 Å². The Morgan fingerprint density at radius 1 is 0.778 bits per heavy atom. The summed E-state index contributed by atoms with van der Waals surface area (Å²) in [4.78, 5) is 9.47. The molecule has 1 saturated heterocycles. The highest BCUT2D eigenvalue weighted by atomic mass is 16.5. The molecule has 0 saturated carbocycles. The van der Waals surface area contributed by atoms with Crippen LogP contribution in [0.25, 0.3) is 23.1 Å². The summed E-state index contributed by atoms with van der Waals surface area (Å²) in [5, 5.41) is 11.8. The van der Waals surface area contributed by atoms with Crippen molar-refractivity contribution in [1.82, 2.24) is 14.8 Å². The van der Waals surface area contributed by atoms with Gasteiger partial charge in [0.15, 0.2) is 0 Å². The van der Waals surface area contributed by atoms with E-state index in [0.29, 0.717) is 12.4 Å². The zero-order valence-corrected chi connectivity index (χ0v) is 20.3. The molecule has 1 atom stereocenters. The van der Waals surface area contributed by atoms with Crippen LogP contribution in [0.2, 0.25) is 0 Å². The van der Waals surface area contributed by atoms with Gasteiger partial charge in [-0.15, -0.1) is 0 Å². The van der Waals surface area contributed by atoms with Crippen LogP contribution in [-0.4, -0.2) is 65.3 Å². The minimum atomic E-state index is -0.562. The predicted molar refractivity (Wildman–Crippen MR) is 145 cm³/mol. The number of aliphatic hydroxyl groups excluding tert-OH is 1. The Hall–Kier alpha value is -3.51. The van der Waals surface area contributed by atoms with E-state index < -0.39 is 6.10 Å². The minimum Gasteiger partial charge on any atom is -0.475 e. The first kappa shape index (κ1) is 22.9. The number of aromatic nitrogens is 1. The molecule has 2 aliphatic rings. The van der Waals surface area contributed by atoms with E-state index >= 15 is 0 Å². The van der Waals surface area contributed by atoms with Crippen LogP contribution in [-0.2, 0) is 0 Å². The van der Waals surface area contributed by atoms with Crippen molar-refractivity contribution >= 4 is 23.1 Å². The zero-order valence-electron chi connectivity index (χ0n) is 20.3. The number of pyridine rings is 1. The fourth-order valence-electron chi connectivity index (χ4n) is 5.43. The topological polar surface area (TPSA) is 48.8 Å². The van der Waals surface area contributed by atoms with Crippen LogP contribution >= 0.6 is 0 Å². The van der Waals surface area contributed by atoms with Gasteiger partial charge in [-0.05, 0) is 34.4 Å². The average Bonchev–Trinajstić information content (AvgIpc) is 3.09. The zero-order chi connectivity index (χ0) is 24.3. The Morgan fingerprint density at radius 3 is 2.14 bits per heavy atom. The molecule has 182 valence electrons. The van der Waals surface area contributed by atoms with Gasteiger partial charge in [0, 0.05) is 44.2 Å². The molecule has 1 N–H and O–H groups in total. The number of benzene rings is 3. The van der Waals surface area contributed by atoms with Crippen LogP contribution in [0, 0.1) is 0 Å². The molecule has 5 heteroatoms. The normalized spacial score (nSPS) is 17.4. The third kappa shape index (κ3) is 4.78. The SMILES string of the molecule is OC(COc1ccc2ccccc2n1)CN1CCN(C2c3ccccc3C=Cc3ccccc32)CC1. The van der Waals surface area contributed by atoms with Gasteiger partial charge in [-0.2, -0.15) is 0 Å². The summed E-state index contributed by atoms with van der Waals surface area (Å²) in [7, 11) is 0. The Kier molecular flexibility index (Phi) is 6.51. The Balaban J connectivity index is 1.08. The highest BCUT2D eigenvalue weighted by molar-refractivity contribution is 5.79. The van der Waals surface area contributed by atoms with Gasteiger partial charge in [0.2, 0.25) is 5.88 Å². The summed E-state index contributed by atoms with van der Waals surface area (Å²) in [5.74, 6) is 0.553. The quantitative estimate of drug-likeness (QED) is 0.430. The van der Waals surface area contributed by atoms with Crippen molar-refractivity contribution in [3.63, 3.8) is 0 Å². The predicted octanol–water partition coefficient (Wildman–Crippen LogP) is 4.87. The molecule has 0 amide bonds. The third-order valence-corrected chi connectivity index (χ3v) is 7.26. The lowest BCUT2D eigenvalue weighted by atomic mass is 9.92. The summed E-state index contributed by atoms with van der Waals surface area (Å²) in [6.45, 7) is 4.57. The van der Waals surface area contributed by atoms with Gasteiger partial charge >= 0.3 is 0 Å². The first-order chi connectivity index (χ1) is 17.7. The van der Waals surface area contributed by atoms with Crippen molar-refractivity contribution in [2.24, 2.45) is 0 Å². The molecule has 36 heavy (non-hydrogen) atoms. The van der Waals surface area contributed by atoms with Crippen LogP contribution in [0.15, 0.2) is 84.9 Å². The molecule has 3 aromatic carbocycles. The van der Waals surface area contributed by atoms with E-state index in [1.807, 2.05) is 36.4 Å². The number of fused-ring (bicyclic) bond motifs is 3. The fraction of sp³-hybridized carbons (Fsp3) is 0.258. The van der Waals surface area contributed by atoms with Crippen LogP contribution in [0.4, 0.5) is 0 Å². The van der Waals surface area contributed by atoms with Gasteiger partial charge in [-0.3, -0.25) is 9.80 Å². The molecule has 1 aliphatic heterocycles. The first-order valence-electron chi connectivity index (χ1n) is 12.7. The van der Waals surface area contributed by atoms with Gasteiger partial charge in [0.05, 0.1) is 11.6 Å². The average molecular weight is 478 g/mol. The van der Waals surface area contributed by atoms with Gasteiger partial charge < -0.3 is 9.84 Å². The second-order valence-corrected chi connectivity index (χ2v) is 9.64. The van der Waals surface area contributed by atoms with Crippen LogP contribution in [0.5, 0.6) is 5.88 Å². The van der Waals surface area contributed by atoms with E-state index in [4.69, 9.17) is 4.74 Å². The van der Waals surface area contributed by atoms with Crippen molar-refractivity contribution in [3.8, 4) is 5.88 Å². The largest absolute Gasteiger partial charge is 0.475 e. The van der Waals surface area contributed by atoms with Crippen molar-refractivity contribution in [3.05, 3.63) is 107 Å². The number of aliphatic hydroxyl groups is 1. The molecule has 2 heterocycles. The highest BCUT2D eigenvalue weighted by Crippen LogP contribution is 2.37. The maximum absolute atomic E-state index is 10.7. The lowest BCUT2D eigenvalue weighted by Crippen LogP contribution is -2.50. The van der Waals surface area contributed by atoms with E-state index in [-0.39, 0.29) is 12.6 Å². The minimum absolute atomic E-state index is 0.237. The molecule has 5 nitrogen and oxygen atoms in total. The summed E-state index contributed by atoms with van der Waals surface area (Å²) >= 11 is 0. The lowest BCUT2D eigenvalue weighted by Gasteiger charge is -2.40. The number of β-amino-alcohol motifs (C(OH)–C–C–N with tert-alkyl or cyclic N) is 1. The Labute approximate surface area is 212 Å². The Morgan fingerprint density at radius 2 is 1.42 bits per heavy atom. The number of piperazine rings is 1. The van der Waals surface area contributed by atoms with Crippen LogP contribution in [0.3, 0.4) is 0 Å². The maximum Gasteiger partial charge on any atom is 0.213 e. The lowest BCUT2D eigenvalue weighted by molar-refractivity contribution is 0.0392. The van der Waals surface area contributed by atoms with Crippen molar-refractivity contribution in [1.29, 1.82) is 0 Å². The van der Waals surface area contributed by atoms with Gasteiger partial charge in [0.1, 0.15) is 12.7 Å². The number of rotatable bonds is 6. The molecule has 1 fully saturated rings. The van der Waals surface area contributed by atoms with Gasteiger partial charge in [-0.1, -0.05) is 78.9 Å².